The van der Waals surface area contributed by atoms with Gasteiger partial charge in [-0.3, -0.25) is 4.90 Å². The van der Waals surface area contributed by atoms with Crippen LogP contribution in [-0.4, -0.2) is 35.7 Å². The van der Waals surface area contributed by atoms with Gasteiger partial charge in [-0.05, 0) is 57.6 Å². The molecule has 1 saturated heterocycles. The molecule has 0 spiro atoms. The van der Waals surface area contributed by atoms with Crippen molar-refractivity contribution < 1.29 is 13.9 Å². The number of carbonyl (C=O) groups is 1. The van der Waals surface area contributed by atoms with Crippen molar-refractivity contribution in [1.82, 2.24) is 10.2 Å². The number of fused-ring (bicyclic) bond motifs is 1. The zero-order valence-corrected chi connectivity index (χ0v) is 14.5. The Kier molecular flexibility index (Phi) is 4.55. The molecular formula is C18H25N3O3. The molecule has 1 aromatic heterocycles. The molecule has 1 aliphatic heterocycles. The Labute approximate surface area is 142 Å². The summed E-state index contributed by atoms with van der Waals surface area (Å²) in [6.07, 6.45) is 1.82. The lowest BCUT2D eigenvalue weighted by molar-refractivity contribution is 0.0491. The van der Waals surface area contributed by atoms with E-state index >= 15 is 0 Å². The molecule has 2 fully saturated rings. The lowest BCUT2D eigenvalue weighted by Crippen LogP contribution is -2.42. The third-order valence-electron chi connectivity index (χ3n) is 4.79. The summed E-state index contributed by atoms with van der Waals surface area (Å²) >= 11 is 0. The van der Waals surface area contributed by atoms with Crippen LogP contribution >= 0.6 is 0 Å². The molecule has 6 heteroatoms. The van der Waals surface area contributed by atoms with Crippen molar-refractivity contribution in [2.24, 2.45) is 11.8 Å². The van der Waals surface area contributed by atoms with Crippen molar-refractivity contribution in [3.8, 4) is 6.07 Å². The molecule has 3 atom stereocenters. The summed E-state index contributed by atoms with van der Waals surface area (Å²) in [6, 6.07) is 5.77. The van der Waals surface area contributed by atoms with E-state index in [0.29, 0.717) is 24.1 Å². The zero-order chi connectivity index (χ0) is 17.3. The second-order valence-electron chi connectivity index (χ2n) is 7.83. The standard InChI is InChI=1S/C18H25N3O3/c1-18(2,3)24-17(22)20-16-7-4-12-9-21(11-15(12)16)10-14-6-5-13(8-19)23-14/h5-6,12,15-16H,4,7,9-11H2,1-3H3,(H,20,22)/t12-,15-,16+/m0/s1. The topological polar surface area (TPSA) is 78.5 Å². The van der Waals surface area contributed by atoms with E-state index in [0.717, 1.165) is 31.7 Å². The molecule has 0 bridgehead atoms. The Morgan fingerprint density at radius 2 is 2.21 bits per heavy atom. The lowest BCUT2D eigenvalue weighted by atomic mass is 9.98. The number of nitrogens with one attached hydrogen (secondary N) is 1. The summed E-state index contributed by atoms with van der Waals surface area (Å²) in [7, 11) is 0. The van der Waals surface area contributed by atoms with E-state index in [2.05, 4.69) is 10.2 Å². The number of alkyl carbamates (subject to hydrolysis) is 1. The number of nitriles is 1. The predicted octanol–water partition coefficient (Wildman–Crippen LogP) is 2.89. The number of ether oxygens (including phenoxy) is 1. The van der Waals surface area contributed by atoms with E-state index in [4.69, 9.17) is 14.4 Å². The number of hydrogen-bond acceptors (Lipinski definition) is 5. The number of hydrogen-bond donors (Lipinski definition) is 1. The fourth-order valence-corrected chi connectivity index (χ4v) is 3.87. The molecule has 0 radical (unpaired) electrons. The van der Waals surface area contributed by atoms with Crippen LogP contribution < -0.4 is 5.32 Å². The highest BCUT2D eigenvalue weighted by atomic mass is 16.6. The highest BCUT2D eigenvalue weighted by Crippen LogP contribution is 2.38. The molecule has 0 aromatic carbocycles. The maximum absolute atomic E-state index is 12.0. The lowest BCUT2D eigenvalue weighted by Gasteiger charge is -2.24. The maximum atomic E-state index is 12.0. The Morgan fingerprint density at radius 1 is 1.42 bits per heavy atom. The van der Waals surface area contributed by atoms with Crippen molar-refractivity contribution >= 4 is 6.09 Å². The molecule has 24 heavy (non-hydrogen) atoms. The predicted molar refractivity (Wildman–Crippen MR) is 88.1 cm³/mol. The molecule has 1 saturated carbocycles. The van der Waals surface area contributed by atoms with E-state index in [-0.39, 0.29) is 12.1 Å². The average molecular weight is 331 g/mol. The first-order valence-corrected chi connectivity index (χ1v) is 8.55. The van der Waals surface area contributed by atoms with Crippen molar-refractivity contribution in [3.63, 3.8) is 0 Å². The van der Waals surface area contributed by atoms with Gasteiger partial charge in [-0.15, -0.1) is 0 Å². The SMILES string of the molecule is CC(C)(C)OC(=O)N[C@@H]1CC[C@H]2CN(Cc3ccc(C#N)o3)C[C@@H]21. The molecule has 1 aromatic rings. The molecular weight excluding hydrogens is 306 g/mol. The number of nitrogens with zero attached hydrogens (tertiary/aromatic N) is 2. The summed E-state index contributed by atoms with van der Waals surface area (Å²) in [4.78, 5) is 14.4. The van der Waals surface area contributed by atoms with Gasteiger partial charge in [0.25, 0.3) is 0 Å². The Balaban J connectivity index is 1.54. The summed E-state index contributed by atoms with van der Waals surface area (Å²) in [6.45, 7) is 8.29. The summed E-state index contributed by atoms with van der Waals surface area (Å²) in [5.74, 6) is 2.25. The second kappa shape index (κ2) is 6.48. The molecule has 6 nitrogen and oxygen atoms in total. The largest absolute Gasteiger partial charge is 0.449 e. The molecule has 1 amide bonds. The van der Waals surface area contributed by atoms with Crippen LogP contribution in [0, 0.1) is 23.2 Å². The van der Waals surface area contributed by atoms with Gasteiger partial charge in [-0.2, -0.15) is 5.26 Å². The summed E-state index contributed by atoms with van der Waals surface area (Å²) < 4.78 is 10.8. The number of furan rings is 1. The van der Waals surface area contributed by atoms with Crippen LogP contribution in [0.15, 0.2) is 16.5 Å². The zero-order valence-electron chi connectivity index (χ0n) is 14.5. The molecule has 2 heterocycles. The molecule has 130 valence electrons. The first-order chi connectivity index (χ1) is 11.3. The highest BCUT2D eigenvalue weighted by molar-refractivity contribution is 5.68. The molecule has 2 aliphatic rings. The Hall–Kier alpha value is -2.00. The molecule has 1 N–H and O–H groups in total. The minimum atomic E-state index is -0.471. The van der Waals surface area contributed by atoms with Crippen LogP contribution in [0.1, 0.15) is 45.1 Å². The van der Waals surface area contributed by atoms with Gasteiger partial charge in [0, 0.05) is 19.1 Å². The maximum Gasteiger partial charge on any atom is 0.407 e. The second-order valence-corrected chi connectivity index (χ2v) is 7.83. The molecule has 1 aliphatic carbocycles. The number of amides is 1. The molecule has 3 rings (SSSR count). The van der Waals surface area contributed by atoms with Crippen LogP contribution in [0.3, 0.4) is 0 Å². The fourth-order valence-electron chi connectivity index (χ4n) is 3.87. The smallest absolute Gasteiger partial charge is 0.407 e. The van der Waals surface area contributed by atoms with Crippen LogP contribution in [0.5, 0.6) is 0 Å². The number of likely N-dealkylation sites (tertiary alicyclic amines) is 1. The van der Waals surface area contributed by atoms with Crippen molar-refractivity contribution in [3.05, 3.63) is 23.7 Å². The summed E-state index contributed by atoms with van der Waals surface area (Å²) in [5, 5.41) is 11.9. The van der Waals surface area contributed by atoms with Gasteiger partial charge in [0.15, 0.2) is 0 Å². The van der Waals surface area contributed by atoms with E-state index < -0.39 is 5.60 Å². The van der Waals surface area contributed by atoms with Crippen LogP contribution in [0.4, 0.5) is 4.79 Å². The fraction of sp³-hybridized carbons (Fsp3) is 0.667. The minimum Gasteiger partial charge on any atom is -0.449 e. The van der Waals surface area contributed by atoms with Gasteiger partial charge >= 0.3 is 6.09 Å². The average Bonchev–Trinajstić information content (AvgIpc) is 3.15. The number of rotatable bonds is 3. The van der Waals surface area contributed by atoms with Crippen molar-refractivity contribution in [2.75, 3.05) is 13.1 Å². The van der Waals surface area contributed by atoms with Crippen molar-refractivity contribution in [1.29, 1.82) is 5.26 Å². The molecule has 0 unspecified atom stereocenters. The van der Waals surface area contributed by atoms with Gasteiger partial charge in [0.05, 0.1) is 6.54 Å². The first-order valence-electron chi connectivity index (χ1n) is 8.55. The normalized spacial score (nSPS) is 26.8. The first kappa shape index (κ1) is 16.8. The third kappa shape index (κ3) is 3.90. The minimum absolute atomic E-state index is 0.182. The Morgan fingerprint density at radius 3 is 2.88 bits per heavy atom. The van der Waals surface area contributed by atoms with Gasteiger partial charge < -0.3 is 14.5 Å². The quantitative estimate of drug-likeness (QED) is 0.921. The van der Waals surface area contributed by atoms with Crippen LogP contribution in [0.25, 0.3) is 0 Å². The summed E-state index contributed by atoms with van der Waals surface area (Å²) in [5.41, 5.74) is -0.471. The monoisotopic (exact) mass is 331 g/mol. The van der Waals surface area contributed by atoms with E-state index in [9.17, 15) is 4.79 Å². The van der Waals surface area contributed by atoms with Gasteiger partial charge in [0.2, 0.25) is 5.76 Å². The highest BCUT2D eigenvalue weighted by Gasteiger charge is 2.43. The van der Waals surface area contributed by atoms with E-state index in [1.54, 1.807) is 6.07 Å². The number of carbonyl (C=O) groups excluding carboxylic acids is 1. The van der Waals surface area contributed by atoms with E-state index in [1.807, 2.05) is 32.9 Å². The van der Waals surface area contributed by atoms with Crippen molar-refractivity contribution in [2.45, 2.75) is 51.8 Å². The Bertz CT molecular complexity index is 641. The van der Waals surface area contributed by atoms with E-state index in [1.165, 1.54) is 0 Å². The van der Waals surface area contributed by atoms with Crippen LogP contribution in [-0.2, 0) is 11.3 Å². The van der Waals surface area contributed by atoms with Gasteiger partial charge in [-0.1, -0.05) is 0 Å². The van der Waals surface area contributed by atoms with Crippen LogP contribution in [0.2, 0.25) is 0 Å². The van der Waals surface area contributed by atoms with Gasteiger partial charge in [-0.25, -0.2) is 4.79 Å². The third-order valence-corrected chi connectivity index (χ3v) is 4.79. The van der Waals surface area contributed by atoms with Gasteiger partial charge in [0.1, 0.15) is 17.4 Å².